The molecule has 2 aliphatic heterocycles. The van der Waals surface area contributed by atoms with Crippen molar-refractivity contribution in [3.05, 3.63) is 251 Å². The highest BCUT2D eigenvalue weighted by Crippen LogP contribution is 2.35. The maximum atomic E-state index is 7.04. The second kappa shape index (κ2) is 28.7. The van der Waals surface area contributed by atoms with Gasteiger partial charge in [0, 0.05) is 7.11 Å². The highest BCUT2D eigenvalue weighted by atomic mass is 17.2. The SMILES string of the molecule is CO[C@H]1O[C@H](COCc2ccccc2)[C@@H](OOC2O[C@H](COCc3ccccc3)[C@@H](OCc3ccccc3)[C@H](OCc3ccccc3)[C@@H]2OCc2ccccc2)[C@H](OCc2ccccc2)[C@H]1OCc1ccccc1. The second-order valence-electron chi connectivity index (χ2n) is 18.3. The lowest BCUT2D eigenvalue weighted by Crippen LogP contribution is -2.64. The molecule has 0 saturated carbocycles. The molecule has 0 aromatic heterocycles. The number of benzene rings is 7. The quantitative estimate of drug-likeness (QED) is 0.0361. The van der Waals surface area contributed by atoms with E-state index in [1.807, 2.05) is 212 Å². The molecule has 386 valence electrons. The molecule has 1 unspecified atom stereocenters. The standard InChI is InChI=1S/C62H66O12/c1-63-61-59(69-42-51-33-19-7-20-34-51)58(68-41-50-31-17-6-18-32-50)56(54(71-61)45-65-38-47-25-11-3-12-26-47)73-74-62-60(70-43-52-35-21-8-22-36-52)57(67-40-49-29-15-5-16-30-49)55(66-39-48-27-13-4-14-28-48)53(72-62)44-64-37-46-23-9-2-10-24-46/h2-36,53-62H,37-45H2,1H3/t53-,54-,55-,56-,57+,58+,59-,60+,61+,62?/m1/s1. The topological polar surface area (TPSA) is 111 Å². The fourth-order valence-corrected chi connectivity index (χ4v) is 9.03. The lowest BCUT2D eigenvalue weighted by Gasteiger charge is -2.47. The third-order valence-corrected chi connectivity index (χ3v) is 12.9. The molecule has 7 aromatic carbocycles. The molecule has 12 nitrogen and oxygen atoms in total. The molecule has 2 heterocycles. The monoisotopic (exact) mass is 1000 g/mol. The van der Waals surface area contributed by atoms with Crippen molar-refractivity contribution in [3.8, 4) is 0 Å². The van der Waals surface area contributed by atoms with Crippen molar-refractivity contribution in [3.63, 3.8) is 0 Å². The Morgan fingerprint density at radius 2 is 0.554 bits per heavy atom. The van der Waals surface area contributed by atoms with Crippen LogP contribution in [0.25, 0.3) is 0 Å². The summed E-state index contributed by atoms with van der Waals surface area (Å²) < 4.78 is 67.2. The smallest absolute Gasteiger partial charge is 0.220 e. The van der Waals surface area contributed by atoms with Crippen LogP contribution in [0.15, 0.2) is 212 Å². The third kappa shape index (κ3) is 15.6. The second-order valence-corrected chi connectivity index (χ2v) is 18.3. The van der Waals surface area contributed by atoms with Crippen LogP contribution in [0.4, 0.5) is 0 Å². The van der Waals surface area contributed by atoms with Gasteiger partial charge in [-0.25, -0.2) is 9.78 Å². The Hall–Kier alpha value is -5.94. The van der Waals surface area contributed by atoms with Gasteiger partial charge in [0.2, 0.25) is 6.29 Å². The summed E-state index contributed by atoms with van der Waals surface area (Å²) >= 11 is 0. The van der Waals surface area contributed by atoms with Crippen molar-refractivity contribution in [1.29, 1.82) is 0 Å². The van der Waals surface area contributed by atoms with E-state index in [1.54, 1.807) is 7.11 Å². The summed E-state index contributed by atoms with van der Waals surface area (Å²) in [5.74, 6) is 0. The number of hydrogen-bond acceptors (Lipinski definition) is 12. The molecule has 0 N–H and O–H groups in total. The molecule has 0 aliphatic carbocycles. The highest BCUT2D eigenvalue weighted by molar-refractivity contribution is 5.19. The zero-order valence-corrected chi connectivity index (χ0v) is 41.7. The molecule has 10 atom stereocenters. The van der Waals surface area contributed by atoms with E-state index < -0.39 is 61.4 Å². The predicted octanol–water partition coefficient (Wildman–Crippen LogP) is 10.8. The summed E-state index contributed by atoms with van der Waals surface area (Å²) in [6, 6.07) is 69.8. The summed E-state index contributed by atoms with van der Waals surface area (Å²) in [5, 5.41) is 0. The van der Waals surface area contributed by atoms with Gasteiger partial charge in [-0.2, -0.15) is 0 Å². The van der Waals surface area contributed by atoms with E-state index in [0.29, 0.717) is 13.2 Å². The van der Waals surface area contributed by atoms with Gasteiger partial charge in [-0.1, -0.05) is 212 Å². The van der Waals surface area contributed by atoms with Crippen LogP contribution in [0.1, 0.15) is 38.9 Å². The van der Waals surface area contributed by atoms with Crippen molar-refractivity contribution in [2.24, 2.45) is 0 Å². The van der Waals surface area contributed by atoms with E-state index in [0.717, 1.165) is 38.9 Å². The summed E-state index contributed by atoms with van der Waals surface area (Å²) in [6.07, 6.45) is -8.57. The van der Waals surface area contributed by atoms with E-state index in [4.69, 9.17) is 57.1 Å². The zero-order chi connectivity index (χ0) is 50.4. The Labute approximate surface area is 434 Å². The van der Waals surface area contributed by atoms with E-state index in [1.165, 1.54) is 0 Å². The van der Waals surface area contributed by atoms with Gasteiger partial charge in [0.1, 0.15) is 42.7 Å². The molecule has 2 saturated heterocycles. The summed E-state index contributed by atoms with van der Waals surface area (Å²) in [4.78, 5) is 13.5. The van der Waals surface area contributed by atoms with Crippen LogP contribution in [0.2, 0.25) is 0 Å². The third-order valence-electron chi connectivity index (χ3n) is 12.9. The van der Waals surface area contributed by atoms with Crippen molar-refractivity contribution in [2.45, 2.75) is 108 Å². The first kappa shape index (κ1) is 52.9. The van der Waals surface area contributed by atoms with Crippen molar-refractivity contribution in [1.82, 2.24) is 0 Å². The van der Waals surface area contributed by atoms with E-state index in [-0.39, 0.29) is 46.2 Å². The first-order valence-corrected chi connectivity index (χ1v) is 25.3. The van der Waals surface area contributed by atoms with Gasteiger partial charge in [-0.3, -0.25) is 0 Å². The van der Waals surface area contributed by atoms with Gasteiger partial charge in [0.25, 0.3) is 0 Å². The van der Waals surface area contributed by atoms with Crippen LogP contribution in [0.3, 0.4) is 0 Å². The molecular formula is C62H66O12. The van der Waals surface area contributed by atoms with Gasteiger partial charge in [0.05, 0.1) is 59.5 Å². The predicted molar refractivity (Wildman–Crippen MR) is 278 cm³/mol. The minimum absolute atomic E-state index is 0.0903. The maximum Gasteiger partial charge on any atom is 0.220 e. The molecular weight excluding hydrogens is 937 g/mol. The Morgan fingerprint density at radius 1 is 0.284 bits per heavy atom. The molecule has 12 heteroatoms. The summed E-state index contributed by atoms with van der Waals surface area (Å²) in [5.41, 5.74) is 6.83. The number of hydrogen-bond donors (Lipinski definition) is 0. The fraction of sp³-hybridized carbons (Fsp3) is 0.323. The van der Waals surface area contributed by atoms with Crippen LogP contribution < -0.4 is 0 Å². The van der Waals surface area contributed by atoms with Gasteiger partial charge in [-0.15, -0.1) is 0 Å². The molecule has 0 spiro atoms. The first-order chi connectivity index (χ1) is 36.7. The molecule has 7 aromatic rings. The normalized spacial score (nSPS) is 23.9. The molecule has 2 aliphatic rings. The fourth-order valence-electron chi connectivity index (χ4n) is 9.03. The Bertz CT molecular complexity index is 2580. The Morgan fingerprint density at radius 3 is 0.905 bits per heavy atom. The maximum absolute atomic E-state index is 7.04. The van der Waals surface area contributed by atoms with Crippen LogP contribution in [-0.4, -0.2) is 81.7 Å². The van der Waals surface area contributed by atoms with E-state index in [2.05, 4.69) is 0 Å². The van der Waals surface area contributed by atoms with Gasteiger partial charge < -0.3 is 47.4 Å². The van der Waals surface area contributed by atoms with Crippen LogP contribution in [-0.2, 0) is 103 Å². The largest absolute Gasteiger partial charge is 0.374 e. The molecule has 0 radical (unpaired) electrons. The van der Waals surface area contributed by atoms with Crippen LogP contribution in [0, 0.1) is 0 Å². The van der Waals surface area contributed by atoms with E-state index >= 15 is 0 Å². The molecule has 0 bridgehead atoms. The highest BCUT2D eigenvalue weighted by Gasteiger charge is 2.53. The van der Waals surface area contributed by atoms with Crippen molar-refractivity contribution < 1.29 is 57.1 Å². The summed E-state index contributed by atoms with van der Waals surface area (Å²) in [6.45, 7) is 2.09. The minimum Gasteiger partial charge on any atom is -0.374 e. The summed E-state index contributed by atoms with van der Waals surface area (Å²) in [7, 11) is 1.59. The van der Waals surface area contributed by atoms with Gasteiger partial charge >= 0.3 is 0 Å². The molecule has 0 amide bonds. The number of methoxy groups -OCH3 is 1. The zero-order valence-electron chi connectivity index (χ0n) is 41.7. The van der Waals surface area contributed by atoms with Crippen LogP contribution >= 0.6 is 0 Å². The number of ether oxygens (including phenoxy) is 10. The van der Waals surface area contributed by atoms with Crippen molar-refractivity contribution in [2.75, 3.05) is 20.3 Å². The van der Waals surface area contributed by atoms with Gasteiger partial charge in [0.15, 0.2) is 12.4 Å². The lowest BCUT2D eigenvalue weighted by atomic mass is 9.97. The first-order valence-electron chi connectivity index (χ1n) is 25.3. The van der Waals surface area contributed by atoms with Crippen molar-refractivity contribution >= 4 is 0 Å². The molecule has 9 rings (SSSR count). The Balaban J connectivity index is 1.06. The average Bonchev–Trinajstić information content (AvgIpc) is 3.46. The lowest BCUT2D eigenvalue weighted by molar-refractivity contribution is -0.471. The van der Waals surface area contributed by atoms with Crippen LogP contribution in [0.5, 0.6) is 0 Å². The molecule has 2 fully saturated rings. The van der Waals surface area contributed by atoms with E-state index in [9.17, 15) is 0 Å². The average molecular weight is 1000 g/mol. The number of rotatable bonds is 27. The van der Waals surface area contributed by atoms with Gasteiger partial charge in [-0.05, 0) is 38.9 Å². The minimum atomic E-state index is -1.20. The molecule has 74 heavy (non-hydrogen) atoms. The Kier molecular flexibility index (Phi) is 20.5.